The Balaban J connectivity index is 2.79. The molecule has 0 radical (unpaired) electrons. The second-order valence-electron chi connectivity index (χ2n) is 3.65. The van der Waals surface area contributed by atoms with E-state index in [1.807, 2.05) is 0 Å². The Morgan fingerprint density at radius 3 is 2.53 bits per heavy atom. The highest BCUT2D eigenvalue weighted by Gasteiger charge is 2.47. The van der Waals surface area contributed by atoms with Crippen molar-refractivity contribution in [1.82, 2.24) is 0 Å². The number of nitrogens with two attached hydrogens (primary N) is 1. The first-order chi connectivity index (χ1) is 8.00. The van der Waals surface area contributed by atoms with Crippen LogP contribution in [-0.2, 0) is 9.53 Å². The molecule has 1 atom stereocenters. The normalized spacial score (nSPS) is 13.2. The van der Waals surface area contributed by atoms with Crippen molar-refractivity contribution in [3.63, 3.8) is 0 Å². The zero-order valence-electron chi connectivity index (χ0n) is 9.53. The summed E-state index contributed by atoms with van der Waals surface area (Å²) in [6.45, 7) is 1.69. The van der Waals surface area contributed by atoms with Crippen LogP contribution in [0.15, 0.2) is 30.3 Å². The van der Waals surface area contributed by atoms with Gasteiger partial charge >= 0.3 is 11.9 Å². The third-order valence-corrected chi connectivity index (χ3v) is 2.26. The predicted molar refractivity (Wildman–Crippen MR) is 59.6 cm³/mol. The molecular weight excluding hydrogens is 228 g/mol. The van der Waals surface area contributed by atoms with Crippen LogP contribution in [0.25, 0.3) is 0 Å². The summed E-state index contributed by atoms with van der Waals surface area (Å²) in [5.41, 5.74) is 5.59. The lowest BCUT2D eigenvalue weighted by molar-refractivity contribution is -0.175. The number of alkyl halides is 2. The Bertz CT molecular complexity index is 368. The molecule has 0 aliphatic rings. The van der Waals surface area contributed by atoms with Crippen molar-refractivity contribution in [2.24, 2.45) is 5.73 Å². The second-order valence-corrected chi connectivity index (χ2v) is 3.65. The van der Waals surface area contributed by atoms with Crippen molar-refractivity contribution < 1.29 is 18.3 Å². The van der Waals surface area contributed by atoms with Gasteiger partial charge in [-0.3, -0.25) is 0 Å². The van der Waals surface area contributed by atoms with E-state index in [0.29, 0.717) is 6.42 Å². The minimum atomic E-state index is -3.71. The van der Waals surface area contributed by atoms with Gasteiger partial charge in [-0.05, 0) is 12.0 Å². The van der Waals surface area contributed by atoms with Gasteiger partial charge in [0.2, 0.25) is 0 Å². The van der Waals surface area contributed by atoms with Gasteiger partial charge in [-0.15, -0.1) is 0 Å². The van der Waals surface area contributed by atoms with Crippen LogP contribution < -0.4 is 5.73 Å². The van der Waals surface area contributed by atoms with Crippen molar-refractivity contribution in [3.8, 4) is 0 Å². The predicted octanol–water partition coefficient (Wildman–Crippen LogP) is 2.27. The van der Waals surface area contributed by atoms with E-state index in [0.717, 1.165) is 0 Å². The summed E-state index contributed by atoms with van der Waals surface area (Å²) in [4.78, 5) is 11.2. The molecule has 94 valence electrons. The first kappa shape index (κ1) is 13.6. The largest absolute Gasteiger partial charge is 0.461 e. The van der Waals surface area contributed by atoms with Crippen LogP contribution in [-0.4, -0.2) is 18.5 Å². The van der Waals surface area contributed by atoms with Gasteiger partial charge in [0, 0.05) is 0 Å². The van der Waals surface area contributed by atoms with Crippen LogP contribution in [0.1, 0.15) is 24.9 Å². The van der Waals surface area contributed by atoms with E-state index in [9.17, 15) is 13.6 Å². The van der Waals surface area contributed by atoms with Gasteiger partial charge in [-0.25, -0.2) is 4.79 Å². The van der Waals surface area contributed by atoms with Crippen molar-refractivity contribution in [2.45, 2.75) is 25.3 Å². The van der Waals surface area contributed by atoms with E-state index in [2.05, 4.69) is 4.74 Å². The molecular formula is C12H15F2NO2. The van der Waals surface area contributed by atoms with E-state index >= 15 is 0 Å². The minimum Gasteiger partial charge on any atom is -0.461 e. The van der Waals surface area contributed by atoms with Crippen LogP contribution in [0.3, 0.4) is 0 Å². The monoisotopic (exact) mass is 243 g/mol. The Morgan fingerprint density at radius 1 is 1.41 bits per heavy atom. The second kappa shape index (κ2) is 5.72. The van der Waals surface area contributed by atoms with Gasteiger partial charge in [0.1, 0.15) is 6.04 Å². The highest BCUT2D eigenvalue weighted by atomic mass is 19.3. The number of carbonyl (C=O) groups excluding carboxylic acids is 1. The number of esters is 1. The zero-order chi connectivity index (χ0) is 12.9. The number of ether oxygens (including phenoxy) is 1. The molecule has 5 heteroatoms. The van der Waals surface area contributed by atoms with Gasteiger partial charge in [0.25, 0.3) is 0 Å². The molecule has 2 N–H and O–H groups in total. The van der Waals surface area contributed by atoms with Crippen molar-refractivity contribution in [1.29, 1.82) is 0 Å². The molecule has 0 amide bonds. The molecule has 0 fully saturated rings. The van der Waals surface area contributed by atoms with E-state index < -0.39 is 17.9 Å². The molecule has 0 unspecified atom stereocenters. The van der Waals surface area contributed by atoms with Crippen molar-refractivity contribution in [3.05, 3.63) is 35.9 Å². The molecule has 3 nitrogen and oxygen atoms in total. The average molecular weight is 243 g/mol. The maximum Gasteiger partial charge on any atom is 0.379 e. The topological polar surface area (TPSA) is 52.3 Å². The van der Waals surface area contributed by atoms with E-state index in [1.165, 1.54) is 12.1 Å². The third kappa shape index (κ3) is 3.23. The number of hydrogen-bond acceptors (Lipinski definition) is 3. The number of benzene rings is 1. The maximum absolute atomic E-state index is 13.6. The van der Waals surface area contributed by atoms with Crippen LogP contribution in [0.4, 0.5) is 8.78 Å². The Hall–Kier alpha value is -1.49. The Morgan fingerprint density at radius 2 is 2.00 bits per heavy atom. The fourth-order valence-electron chi connectivity index (χ4n) is 1.29. The molecule has 0 aliphatic carbocycles. The van der Waals surface area contributed by atoms with Gasteiger partial charge in [0.05, 0.1) is 6.61 Å². The molecule has 17 heavy (non-hydrogen) atoms. The van der Waals surface area contributed by atoms with Gasteiger partial charge in [-0.2, -0.15) is 8.78 Å². The lowest BCUT2D eigenvalue weighted by Crippen LogP contribution is -2.41. The lowest BCUT2D eigenvalue weighted by Gasteiger charge is -2.21. The summed E-state index contributed by atoms with van der Waals surface area (Å²) in [6, 6.07) is 6.07. The lowest BCUT2D eigenvalue weighted by atomic mass is 10.0. The van der Waals surface area contributed by atoms with Crippen LogP contribution >= 0.6 is 0 Å². The number of hydrogen-bond donors (Lipinski definition) is 1. The molecule has 1 rings (SSSR count). The summed E-state index contributed by atoms with van der Waals surface area (Å²) >= 11 is 0. The number of halogens is 2. The summed E-state index contributed by atoms with van der Waals surface area (Å²) in [7, 11) is 0. The molecule has 0 spiro atoms. The standard InChI is InChI=1S/C12H15F2NO2/c1-2-8-17-11(16)12(13,14)10(15)9-6-4-3-5-7-9/h3-7,10H,2,8,15H2,1H3/t10-/m0/s1. The SMILES string of the molecule is CCCOC(=O)C(F)(F)[C@@H](N)c1ccccc1. The minimum absolute atomic E-state index is 0.0318. The molecule has 1 aromatic carbocycles. The molecule has 0 aliphatic heterocycles. The fourth-order valence-corrected chi connectivity index (χ4v) is 1.29. The summed E-state index contributed by atoms with van der Waals surface area (Å²) in [6.07, 6.45) is 0.488. The van der Waals surface area contributed by atoms with Crippen molar-refractivity contribution >= 4 is 5.97 Å². The average Bonchev–Trinajstić information content (AvgIpc) is 2.35. The van der Waals surface area contributed by atoms with Gasteiger partial charge in [0.15, 0.2) is 0 Å². The maximum atomic E-state index is 13.6. The van der Waals surface area contributed by atoms with E-state index in [4.69, 9.17) is 5.73 Å². The number of rotatable bonds is 5. The van der Waals surface area contributed by atoms with Gasteiger partial charge < -0.3 is 10.5 Å². The van der Waals surface area contributed by atoms with Crippen molar-refractivity contribution in [2.75, 3.05) is 6.61 Å². The summed E-state index contributed by atoms with van der Waals surface area (Å²) in [5, 5.41) is 0. The first-order valence-corrected chi connectivity index (χ1v) is 5.35. The molecule has 0 heterocycles. The molecule has 1 aromatic rings. The first-order valence-electron chi connectivity index (χ1n) is 5.35. The molecule has 0 bridgehead atoms. The zero-order valence-corrected chi connectivity index (χ0v) is 9.53. The Kier molecular flexibility index (Phi) is 4.57. The van der Waals surface area contributed by atoms with Crippen LogP contribution in [0.5, 0.6) is 0 Å². The highest BCUT2D eigenvalue weighted by molar-refractivity contribution is 5.78. The summed E-state index contributed by atoms with van der Waals surface area (Å²) in [5.74, 6) is -5.29. The summed E-state index contributed by atoms with van der Waals surface area (Å²) < 4.78 is 31.7. The van der Waals surface area contributed by atoms with E-state index in [1.54, 1.807) is 25.1 Å². The van der Waals surface area contributed by atoms with Gasteiger partial charge in [-0.1, -0.05) is 37.3 Å². The molecule has 0 aromatic heterocycles. The molecule has 0 saturated carbocycles. The molecule has 0 saturated heterocycles. The Labute approximate surface area is 98.6 Å². The number of carbonyl (C=O) groups is 1. The third-order valence-electron chi connectivity index (χ3n) is 2.26. The quantitative estimate of drug-likeness (QED) is 0.807. The smallest absolute Gasteiger partial charge is 0.379 e. The highest BCUT2D eigenvalue weighted by Crippen LogP contribution is 2.30. The van der Waals surface area contributed by atoms with Crippen LogP contribution in [0.2, 0.25) is 0 Å². The van der Waals surface area contributed by atoms with Crippen LogP contribution in [0, 0.1) is 0 Å². The van der Waals surface area contributed by atoms with E-state index in [-0.39, 0.29) is 12.2 Å². The fraction of sp³-hybridized carbons (Fsp3) is 0.417.